The number of benzene rings is 4. The molecule has 0 bridgehead atoms. The Morgan fingerprint density at radius 2 is 0.900 bits per heavy atom. The maximum absolute atomic E-state index is 13.3. The van der Waals surface area contributed by atoms with E-state index in [0.29, 0.717) is 16.8 Å². The van der Waals surface area contributed by atoms with Crippen LogP contribution in [0.4, 0.5) is 5.69 Å². The van der Waals surface area contributed by atoms with Gasteiger partial charge < -0.3 is 0 Å². The van der Waals surface area contributed by atoms with Crippen LogP contribution in [0, 0.1) is 0 Å². The number of rotatable bonds is 6. The predicted molar refractivity (Wildman–Crippen MR) is 121 cm³/mol. The van der Waals surface area contributed by atoms with Gasteiger partial charge in [-0.15, -0.1) is 0 Å². The molecule has 0 amide bonds. The van der Waals surface area contributed by atoms with E-state index >= 15 is 0 Å². The van der Waals surface area contributed by atoms with Crippen LogP contribution < -0.4 is 0 Å². The van der Waals surface area contributed by atoms with Gasteiger partial charge in [0.1, 0.15) is 0 Å². The molecule has 3 heteroatoms. The Morgan fingerprint density at radius 3 is 1.47 bits per heavy atom. The summed E-state index contributed by atoms with van der Waals surface area (Å²) in [5, 5.41) is 0. The maximum atomic E-state index is 13.3. The third-order valence-electron chi connectivity index (χ3n) is 4.72. The van der Waals surface area contributed by atoms with Gasteiger partial charge in [-0.3, -0.25) is 9.59 Å². The van der Waals surface area contributed by atoms with Crippen LogP contribution in [-0.4, -0.2) is 17.3 Å². The van der Waals surface area contributed by atoms with Crippen molar-refractivity contribution in [2.75, 3.05) is 0 Å². The predicted octanol–water partition coefficient (Wildman–Crippen LogP) is 6.19. The van der Waals surface area contributed by atoms with Gasteiger partial charge >= 0.3 is 0 Å². The molecule has 0 aliphatic heterocycles. The van der Waals surface area contributed by atoms with Gasteiger partial charge in [0.2, 0.25) is 11.6 Å². The molecular formula is C27H19NO2. The van der Waals surface area contributed by atoms with Crippen molar-refractivity contribution in [3.63, 3.8) is 0 Å². The molecule has 0 saturated carbocycles. The molecule has 4 aromatic rings. The number of Topliss-reactive ketones (excluding diaryl/α,β-unsaturated/α-hetero) is 2. The average Bonchev–Trinajstić information content (AvgIpc) is 2.83. The van der Waals surface area contributed by atoms with Crippen LogP contribution in [0.3, 0.4) is 0 Å². The number of ketones is 2. The fourth-order valence-corrected chi connectivity index (χ4v) is 3.14. The Labute approximate surface area is 175 Å². The summed E-state index contributed by atoms with van der Waals surface area (Å²) in [5.41, 5.74) is 3.39. The lowest BCUT2D eigenvalue weighted by atomic mass is 9.97. The zero-order valence-corrected chi connectivity index (χ0v) is 16.2. The molecule has 0 heterocycles. The van der Waals surface area contributed by atoms with Gasteiger partial charge in [0.25, 0.3) is 0 Å². The first-order chi connectivity index (χ1) is 14.7. The fourth-order valence-electron chi connectivity index (χ4n) is 3.14. The van der Waals surface area contributed by atoms with Crippen LogP contribution in [0.15, 0.2) is 120 Å². The van der Waals surface area contributed by atoms with Crippen LogP contribution in [0.25, 0.3) is 11.1 Å². The maximum Gasteiger partial charge on any atom is 0.215 e. The van der Waals surface area contributed by atoms with Crippen LogP contribution in [0.1, 0.15) is 20.7 Å². The molecule has 0 unspecified atom stereocenters. The van der Waals surface area contributed by atoms with E-state index < -0.39 is 11.6 Å². The van der Waals surface area contributed by atoms with Crippen molar-refractivity contribution in [3.05, 3.63) is 126 Å². The first kappa shape index (κ1) is 19.2. The summed E-state index contributed by atoms with van der Waals surface area (Å²) in [7, 11) is 0. The highest BCUT2D eigenvalue weighted by Crippen LogP contribution is 2.21. The first-order valence-electron chi connectivity index (χ1n) is 9.66. The second-order valence-electron chi connectivity index (χ2n) is 6.76. The van der Waals surface area contributed by atoms with E-state index in [9.17, 15) is 9.59 Å². The normalized spacial score (nSPS) is 11.1. The molecule has 0 radical (unpaired) electrons. The van der Waals surface area contributed by atoms with Gasteiger partial charge in [0.05, 0.1) is 5.69 Å². The van der Waals surface area contributed by atoms with Crippen molar-refractivity contribution >= 4 is 23.0 Å². The van der Waals surface area contributed by atoms with Crippen molar-refractivity contribution in [1.82, 2.24) is 0 Å². The zero-order chi connectivity index (χ0) is 20.8. The SMILES string of the molecule is O=C(C(=Nc1ccccc1)C(=O)c1ccc(-c2ccccc2)cc1)c1ccccc1. The Morgan fingerprint density at radius 1 is 0.467 bits per heavy atom. The molecule has 4 aromatic carbocycles. The van der Waals surface area contributed by atoms with Crippen LogP contribution in [0.5, 0.6) is 0 Å². The number of para-hydroxylation sites is 1. The largest absolute Gasteiger partial charge is 0.287 e. The molecule has 0 aromatic heterocycles. The van der Waals surface area contributed by atoms with Crippen LogP contribution in [-0.2, 0) is 0 Å². The quantitative estimate of drug-likeness (QED) is 0.224. The number of hydrogen-bond acceptors (Lipinski definition) is 3. The molecule has 30 heavy (non-hydrogen) atoms. The van der Waals surface area contributed by atoms with Crippen molar-refractivity contribution in [3.8, 4) is 11.1 Å². The van der Waals surface area contributed by atoms with Crippen LogP contribution >= 0.6 is 0 Å². The molecule has 0 atom stereocenters. The highest BCUT2D eigenvalue weighted by atomic mass is 16.2. The molecule has 0 fully saturated rings. The summed E-state index contributed by atoms with van der Waals surface area (Å²) in [6.07, 6.45) is 0. The second kappa shape index (κ2) is 8.93. The monoisotopic (exact) mass is 389 g/mol. The molecular weight excluding hydrogens is 370 g/mol. The van der Waals surface area contributed by atoms with Gasteiger partial charge in [-0.1, -0.05) is 103 Å². The standard InChI is InChI=1S/C27H19NO2/c29-26(22-12-6-2-7-13-22)25(28-24-14-8-3-9-15-24)27(30)23-18-16-21(17-19-23)20-10-4-1-5-11-20/h1-19H. The highest BCUT2D eigenvalue weighted by molar-refractivity contribution is 6.72. The Balaban J connectivity index is 1.71. The van der Waals surface area contributed by atoms with E-state index in [1.807, 2.05) is 66.7 Å². The van der Waals surface area contributed by atoms with Crippen molar-refractivity contribution < 1.29 is 9.59 Å². The number of aliphatic imine (C=N–C) groups is 1. The minimum absolute atomic E-state index is 0.0974. The van der Waals surface area contributed by atoms with Crippen molar-refractivity contribution in [2.24, 2.45) is 4.99 Å². The fraction of sp³-hybridized carbons (Fsp3) is 0. The topological polar surface area (TPSA) is 46.5 Å². The number of carbonyl (C=O) groups excluding carboxylic acids is 2. The molecule has 144 valence electrons. The smallest absolute Gasteiger partial charge is 0.215 e. The molecule has 3 nitrogen and oxygen atoms in total. The Hall–Kier alpha value is -4.11. The molecule has 0 saturated heterocycles. The highest BCUT2D eigenvalue weighted by Gasteiger charge is 2.23. The third-order valence-corrected chi connectivity index (χ3v) is 4.72. The lowest BCUT2D eigenvalue weighted by molar-refractivity contribution is 0.102. The van der Waals surface area contributed by atoms with Crippen LogP contribution in [0.2, 0.25) is 0 Å². The molecule has 0 aliphatic carbocycles. The Kier molecular flexibility index (Phi) is 5.72. The average molecular weight is 389 g/mol. The van der Waals surface area contributed by atoms with Gasteiger partial charge in [-0.2, -0.15) is 0 Å². The summed E-state index contributed by atoms with van der Waals surface area (Å²) in [6.45, 7) is 0. The number of hydrogen-bond donors (Lipinski definition) is 0. The first-order valence-corrected chi connectivity index (χ1v) is 9.66. The third kappa shape index (κ3) is 4.31. The van der Waals surface area contributed by atoms with E-state index in [-0.39, 0.29) is 5.71 Å². The van der Waals surface area contributed by atoms with E-state index in [2.05, 4.69) is 4.99 Å². The summed E-state index contributed by atoms with van der Waals surface area (Å²) in [5.74, 6) is -0.788. The minimum Gasteiger partial charge on any atom is -0.287 e. The van der Waals surface area contributed by atoms with Gasteiger partial charge in [0, 0.05) is 11.1 Å². The van der Waals surface area contributed by atoms with Gasteiger partial charge in [0.15, 0.2) is 5.71 Å². The van der Waals surface area contributed by atoms with Crippen molar-refractivity contribution in [2.45, 2.75) is 0 Å². The van der Waals surface area contributed by atoms with E-state index in [1.54, 1.807) is 48.5 Å². The summed E-state index contributed by atoms with van der Waals surface area (Å²) < 4.78 is 0. The van der Waals surface area contributed by atoms with Gasteiger partial charge in [-0.05, 0) is 23.3 Å². The number of nitrogens with zero attached hydrogens (tertiary/aromatic N) is 1. The lowest BCUT2D eigenvalue weighted by Crippen LogP contribution is -2.24. The zero-order valence-electron chi connectivity index (χ0n) is 16.2. The van der Waals surface area contributed by atoms with E-state index in [1.165, 1.54) is 0 Å². The van der Waals surface area contributed by atoms with Crippen molar-refractivity contribution in [1.29, 1.82) is 0 Å². The summed E-state index contributed by atoms with van der Waals surface area (Å²) >= 11 is 0. The molecule has 0 spiro atoms. The summed E-state index contributed by atoms with van der Waals surface area (Å²) in [6, 6.07) is 35.0. The lowest BCUT2D eigenvalue weighted by Gasteiger charge is -2.07. The minimum atomic E-state index is -0.396. The number of carbonyl (C=O) groups is 2. The molecule has 0 N–H and O–H groups in total. The van der Waals surface area contributed by atoms with E-state index in [0.717, 1.165) is 11.1 Å². The second-order valence-corrected chi connectivity index (χ2v) is 6.76. The molecule has 4 rings (SSSR count). The van der Waals surface area contributed by atoms with E-state index in [4.69, 9.17) is 0 Å². The molecule has 0 aliphatic rings. The summed E-state index contributed by atoms with van der Waals surface area (Å²) in [4.78, 5) is 30.8. The van der Waals surface area contributed by atoms with Gasteiger partial charge in [-0.25, -0.2) is 4.99 Å². The Bertz CT molecular complexity index is 1180.